The Morgan fingerprint density at radius 3 is 2.62 bits per heavy atom. The largest absolute Gasteiger partial charge is 0.389 e. The van der Waals surface area contributed by atoms with Crippen molar-refractivity contribution in [3.05, 3.63) is 30.3 Å². The minimum atomic E-state index is -0.641. The van der Waals surface area contributed by atoms with Crippen LogP contribution in [-0.4, -0.2) is 41.6 Å². The number of hydrogen-bond acceptors (Lipinski definition) is 4. The highest BCUT2D eigenvalue weighted by atomic mass is 16.3. The van der Waals surface area contributed by atoms with E-state index >= 15 is 0 Å². The van der Waals surface area contributed by atoms with Crippen molar-refractivity contribution in [2.45, 2.75) is 24.7 Å². The number of hydrogen-bond donors (Lipinski definition) is 4. The van der Waals surface area contributed by atoms with E-state index in [1.807, 2.05) is 30.3 Å². The molecule has 1 aliphatic rings. The average molecular weight is 222 g/mol. The van der Waals surface area contributed by atoms with E-state index in [9.17, 15) is 10.2 Å². The van der Waals surface area contributed by atoms with Gasteiger partial charge in [-0.05, 0) is 18.6 Å². The molecule has 88 valence electrons. The number of aliphatic hydroxyl groups excluding tert-OH is 2. The molecule has 0 bridgehead atoms. The van der Waals surface area contributed by atoms with Crippen molar-refractivity contribution < 1.29 is 10.2 Å². The van der Waals surface area contributed by atoms with Gasteiger partial charge in [-0.15, -0.1) is 0 Å². The summed E-state index contributed by atoms with van der Waals surface area (Å²) in [5.41, 5.74) is 1.08. The van der Waals surface area contributed by atoms with Crippen LogP contribution in [-0.2, 0) is 0 Å². The standard InChI is InChI=1S/C12H18N2O2/c15-11-8-14-10(12(11)16)6-7-13-9-4-2-1-3-5-9/h1-5,10-16H,6-8H2/t10-,11-,12+/m0/s1. The van der Waals surface area contributed by atoms with E-state index in [0.717, 1.165) is 18.7 Å². The maximum Gasteiger partial charge on any atom is 0.0964 e. The van der Waals surface area contributed by atoms with Crippen LogP contribution in [0.1, 0.15) is 6.42 Å². The van der Waals surface area contributed by atoms with Gasteiger partial charge in [0, 0.05) is 24.8 Å². The average Bonchev–Trinajstić information content (AvgIpc) is 2.62. The van der Waals surface area contributed by atoms with Crippen LogP contribution >= 0.6 is 0 Å². The Balaban J connectivity index is 1.73. The lowest BCUT2D eigenvalue weighted by atomic mass is 10.1. The second-order valence-corrected chi connectivity index (χ2v) is 4.15. The predicted molar refractivity (Wildman–Crippen MR) is 63.4 cm³/mol. The number of anilines is 1. The SMILES string of the molecule is O[C@@H]1[C@H](CCNc2ccccc2)NC[C@@H]1O. The van der Waals surface area contributed by atoms with Gasteiger partial charge in [-0.1, -0.05) is 18.2 Å². The minimum Gasteiger partial charge on any atom is -0.389 e. The molecule has 0 aliphatic carbocycles. The summed E-state index contributed by atoms with van der Waals surface area (Å²) >= 11 is 0. The van der Waals surface area contributed by atoms with Crippen LogP contribution in [0.25, 0.3) is 0 Å². The molecule has 16 heavy (non-hydrogen) atoms. The molecule has 1 aliphatic heterocycles. The van der Waals surface area contributed by atoms with Gasteiger partial charge in [-0.2, -0.15) is 0 Å². The quantitative estimate of drug-likeness (QED) is 0.587. The van der Waals surface area contributed by atoms with Gasteiger partial charge in [0.25, 0.3) is 0 Å². The topological polar surface area (TPSA) is 64.5 Å². The zero-order chi connectivity index (χ0) is 11.4. The Kier molecular flexibility index (Phi) is 3.77. The van der Waals surface area contributed by atoms with Gasteiger partial charge in [0.15, 0.2) is 0 Å². The van der Waals surface area contributed by atoms with E-state index < -0.39 is 12.2 Å². The zero-order valence-corrected chi connectivity index (χ0v) is 9.13. The number of β-amino-alcohol motifs (C(OH)–C–C–N with tert-alkyl or cyclic N) is 1. The van der Waals surface area contributed by atoms with Crippen LogP contribution in [0.4, 0.5) is 5.69 Å². The molecule has 0 saturated carbocycles. The second-order valence-electron chi connectivity index (χ2n) is 4.15. The number of benzene rings is 1. The Morgan fingerprint density at radius 1 is 1.25 bits per heavy atom. The van der Waals surface area contributed by atoms with Crippen LogP contribution in [0.3, 0.4) is 0 Å². The van der Waals surface area contributed by atoms with Gasteiger partial charge in [0.2, 0.25) is 0 Å². The molecule has 4 heteroatoms. The Labute approximate surface area is 95.3 Å². The van der Waals surface area contributed by atoms with Crippen LogP contribution in [0.15, 0.2) is 30.3 Å². The van der Waals surface area contributed by atoms with Crippen molar-refractivity contribution >= 4 is 5.69 Å². The highest BCUT2D eigenvalue weighted by Crippen LogP contribution is 2.12. The summed E-state index contributed by atoms with van der Waals surface area (Å²) < 4.78 is 0. The van der Waals surface area contributed by atoms with E-state index in [0.29, 0.717) is 6.54 Å². The summed E-state index contributed by atoms with van der Waals surface area (Å²) in [6.45, 7) is 1.27. The van der Waals surface area contributed by atoms with Crippen LogP contribution in [0, 0.1) is 0 Å². The molecular weight excluding hydrogens is 204 g/mol. The van der Waals surface area contributed by atoms with Gasteiger partial charge in [-0.3, -0.25) is 0 Å². The second kappa shape index (κ2) is 5.30. The first kappa shape index (κ1) is 11.4. The zero-order valence-electron chi connectivity index (χ0n) is 9.13. The fraction of sp³-hybridized carbons (Fsp3) is 0.500. The summed E-state index contributed by atoms with van der Waals surface area (Å²) in [6.07, 6.45) is -0.466. The maximum atomic E-state index is 9.61. The van der Waals surface area contributed by atoms with E-state index in [2.05, 4.69) is 10.6 Å². The monoisotopic (exact) mass is 222 g/mol. The number of nitrogens with one attached hydrogen (secondary N) is 2. The first-order valence-electron chi connectivity index (χ1n) is 5.66. The summed E-state index contributed by atoms with van der Waals surface area (Å²) in [5.74, 6) is 0. The molecule has 1 saturated heterocycles. The summed E-state index contributed by atoms with van der Waals surface area (Å²) in [7, 11) is 0. The minimum absolute atomic E-state index is 0.00814. The van der Waals surface area contributed by atoms with E-state index in [1.165, 1.54) is 0 Å². The third-order valence-electron chi connectivity index (χ3n) is 2.95. The number of rotatable bonds is 4. The third-order valence-corrected chi connectivity index (χ3v) is 2.95. The molecule has 0 radical (unpaired) electrons. The highest BCUT2D eigenvalue weighted by molar-refractivity contribution is 5.42. The predicted octanol–water partition coefficient (Wildman–Crippen LogP) is 0.182. The third kappa shape index (κ3) is 2.72. The van der Waals surface area contributed by atoms with E-state index in [-0.39, 0.29) is 6.04 Å². The van der Waals surface area contributed by atoms with Gasteiger partial charge in [-0.25, -0.2) is 0 Å². The first-order chi connectivity index (χ1) is 7.77. The molecule has 1 aromatic carbocycles. The number of aliphatic hydroxyl groups is 2. The molecule has 0 aromatic heterocycles. The van der Waals surface area contributed by atoms with E-state index in [4.69, 9.17) is 0 Å². The highest BCUT2D eigenvalue weighted by Gasteiger charge is 2.32. The van der Waals surface area contributed by atoms with Crippen LogP contribution in [0.2, 0.25) is 0 Å². The van der Waals surface area contributed by atoms with Crippen molar-refractivity contribution in [3.8, 4) is 0 Å². The number of para-hydroxylation sites is 1. The molecule has 0 spiro atoms. The van der Waals surface area contributed by atoms with Gasteiger partial charge < -0.3 is 20.8 Å². The Bertz CT molecular complexity index is 318. The fourth-order valence-corrected chi connectivity index (χ4v) is 1.98. The lowest BCUT2D eigenvalue weighted by molar-refractivity contribution is 0.0399. The smallest absolute Gasteiger partial charge is 0.0964 e. The molecule has 4 N–H and O–H groups in total. The van der Waals surface area contributed by atoms with Gasteiger partial charge in [0.05, 0.1) is 12.2 Å². The van der Waals surface area contributed by atoms with Crippen molar-refractivity contribution in [1.82, 2.24) is 5.32 Å². The summed E-state index contributed by atoms with van der Waals surface area (Å²) in [6, 6.07) is 9.94. The molecule has 2 rings (SSSR count). The normalized spacial score (nSPS) is 29.2. The molecule has 1 heterocycles. The van der Waals surface area contributed by atoms with Crippen molar-refractivity contribution in [2.24, 2.45) is 0 Å². The molecule has 1 aromatic rings. The first-order valence-corrected chi connectivity index (χ1v) is 5.66. The lowest BCUT2D eigenvalue weighted by Crippen LogP contribution is -2.34. The van der Waals surface area contributed by atoms with Crippen molar-refractivity contribution in [2.75, 3.05) is 18.4 Å². The van der Waals surface area contributed by atoms with Gasteiger partial charge >= 0.3 is 0 Å². The molecule has 4 nitrogen and oxygen atoms in total. The van der Waals surface area contributed by atoms with Crippen molar-refractivity contribution in [1.29, 1.82) is 0 Å². The summed E-state index contributed by atoms with van der Waals surface area (Å²) in [5, 5.41) is 25.3. The molecular formula is C12H18N2O2. The fourth-order valence-electron chi connectivity index (χ4n) is 1.98. The summed E-state index contributed by atoms with van der Waals surface area (Å²) in [4.78, 5) is 0. The Hall–Kier alpha value is -1.10. The molecule has 0 amide bonds. The maximum absolute atomic E-state index is 9.61. The molecule has 1 fully saturated rings. The van der Waals surface area contributed by atoms with Crippen LogP contribution < -0.4 is 10.6 Å². The van der Waals surface area contributed by atoms with Crippen LogP contribution in [0.5, 0.6) is 0 Å². The molecule has 0 unspecified atom stereocenters. The van der Waals surface area contributed by atoms with Gasteiger partial charge in [0.1, 0.15) is 0 Å². The Morgan fingerprint density at radius 2 is 2.00 bits per heavy atom. The van der Waals surface area contributed by atoms with Crippen molar-refractivity contribution in [3.63, 3.8) is 0 Å². The van der Waals surface area contributed by atoms with E-state index in [1.54, 1.807) is 0 Å². The lowest BCUT2D eigenvalue weighted by Gasteiger charge is -2.16. The molecule has 3 atom stereocenters.